The molecule has 3 nitrogen and oxygen atoms in total. The van der Waals surface area contributed by atoms with Crippen molar-refractivity contribution >= 4 is 11.6 Å². The minimum absolute atomic E-state index is 0.159. The molecule has 1 rings (SSSR count). The lowest BCUT2D eigenvalue weighted by atomic mass is 9.94. The number of nitrogens with one attached hydrogen (secondary N) is 1. The maximum Gasteiger partial charge on any atom is 0.129 e. The predicted octanol–water partition coefficient (Wildman–Crippen LogP) is 3.07. The third-order valence-corrected chi connectivity index (χ3v) is 3.00. The summed E-state index contributed by atoms with van der Waals surface area (Å²) in [6.07, 6.45) is 5.23. The Kier molecular flexibility index (Phi) is 5.74. The van der Waals surface area contributed by atoms with Gasteiger partial charge in [0.15, 0.2) is 0 Å². The lowest BCUT2D eigenvalue weighted by molar-refractivity contribution is 0.394. The number of aromatic nitrogens is 1. The average molecular weight is 242 g/mol. The molecule has 0 amide bonds. The molecule has 0 aliphatic carbocycles. The molecule has 16 heavy (non-hydrogen) atoms. The van der Waals surface area contributed by atoms with E-state index < -0.39 is 0 Å². The second-order valence-corrected chi connectivity index (χ2v) is 4.65. The van der Waals surface area contributed by atoms with Crippen LogP contribution < -0.4 is 11.3 Å². The normalized spacial score (nSPS) is 14.8. The van der Waals surface area contributed by atoms with E-state index in [-0.39, 0.29) is 6.04 Å². The van der Waals surface area contributed by atoms with Crippen LogP contribution in [-0.2, 0) is 0 Å². The molecule has 1 heterocycles. The summed E-state index contributed by atoms with van der Waals surface area (Å²) in [4.78, 5) is 4.07. The molecule has 0 saturated heterocycles. The van der Waals surface area contributed by atoms with E-state index >= 15 is 0 Å². The highest BCUT2D eigenvalue weighted by molar-refractivity contribution is 6.29. The van der Waals surface area contributed by atoms with Crippen molar-refractivity contribution in [1.82, 2.24) is 10.4 Å². The summed E-state index contributed by atoms with van der Waals surface area (Å²) >= 11 is 5.75. The van der Waals surface area contributed by atoms with Crippen molar-refractivity contribution in [3.63, 3.8) is 0 Å². The summed E-state index contributed by atoms with van der Waals surface area (Å²) in [5, 5.41) is 0.515. The highest BCUT2D eigenvalue weighted by Crippen LogP contribution is 2.23. The highest BCUT2D eigenvalue weighted by atomic mass is 35.5. The monoisotopic (exact) mass is 241 g/mol. The van der Waals surface area contributed by atoms with Crippen LogP contribution in [0, 0.1) is 5.92 Å². The fourth-order valence-electron chi connectivity index (χ4n) is 1.91. The van der Waals surface area contributed by atoms with E-state index in [1.165, 1.54) is 12.8 Å². The van der Waals surface area contributed by atoms with Crippen molar-refractivity contribution in [2.75, 3.05) is 0 Å². The van der Waals surface area contributed by atoms with Crippen molar-refractivity contribution in [2.24, 2.45) is 11.8 Å². The van der Waals surface area contributed by atoms with Gasteiger partial charge in [0.1, 0.15) is 5.15 Å². The number of nitrogens with two attached hydrogens (primary N) is 1. The minimum Gasteiger partial charge on any atom is -0.271 e. The lowest BCUT2D eigenvalue weighted by Crippen LogP contribution is -2.29. The Bertz CT molecular complexity index is 300. The number of hydrogen-bond acceptors (Lipinski definition) is 3. The molecule has 0 radical (unpaired) electrons. The molecule has 1 aromatic rings. The Hall–Kier alpha value is -0.640. The van der Waals surface area contributed by atoms with Gasteiger partial charge in [-0.3, -0.25) is 11.3 Å². The van der Waals surface area contributed by atoms with Gasteiger partial charge >= 0.3 is 0 Å². The largest absolute Gasteiger partial charge is 0.271 e. The van der Waals surface area contributed by atoms with Crippen molar-refractivity contribution in [2.45, 2.75) is 39.2 Å². The van der Waals surface area contributed by atoms with Crippen molar-refractivity contribution in [3.8, 4) is 0 Å². The number of rotatable bonds is 6. The molecule has 1 aromatic heterocycles. The van der Waals surface area contributed by atoms with Crippen molar-refractivity contribution in [1.29, 1.82) is 0 Å². The molecular weight excluding hydrogens is 222 g/mol. The van der Waals surface area contributed by atoms with E-state index in [9.17, 15) is 0 Å². The van der Waals surface area contributed by atoms with Gasteiger partial charge in [-0.2, -0.15) is 0 Å². The third-order valence-electron chi connectivity index (χ3n) is 2.77. The van der Waals surface area contributed by atoms with Crippen molar-refractivity contribution < 1.29 is 0 Å². The zero-order valence-corrected chi connectivity index (χ0v) is 10.7. The quantitative estimate of drug-likeness (QED) is 0.457. The molecule has 3 N–H and O–H groups in total. The molecule has 0 bridgehead atoms. The molecule has 2 unspecified atom stereocenters. The average Bonchev–Trinajstić information content (AvgIpc) is 2.27. The molecule has 4 heteroatoms. The van der Waals surface area contributed by atoms with Crippen LogP contribution in [-0.4, -0.2) is 4.98 Å². The van der Waals surface area contributed by atoms with Gasteiger partial charge < -0.3 is 0 Å². The first-order valence-corrected chi connectivity index (χ1v) is 6.12. The Balaban J connectivity index is 2.63. The first kappa shape index (κ1) is 13.4. The van der Waals surface area contributed by atoms with E-state index in [0.717, 1.165) is 12.0 Å². The highest BCUT2D eigenvalue weighted by Gasteiger charge is 2.13. The van der Waals surface area contributed by atoms with Crippen LogP contribution >= 0.6 is 11.6 Å². The standard InChI is InChI=1S/C12H20ClN3/c1-3-4-9(2)7-11(16-14)10-5-6-12(13)15-8-10/h5-6,8-9,11,16H,3-4,7,14H2,1-2H3. The maximum absolute atomic E-state index is 5.75. The summed E-state index contributed by atoms with van der Waals surface area (Å²) in [7, 11) is 0. The molecule has 0 spiro atoms. The van der Waals surface area contributed by atoms with E-state index in [4.69, 9.17) is 17.4 Å². The fraction of sp³-hybridized carbons (Fsp3) is 0.583. The van der Waals surface area contributed by atoms with Gasteiger partial charge in [-0.1, -0.05) is 44.4 Å². The summed E-state index contributed by atoms with van der Waals surface area (Å²) < 4.78 is 0. The Morgan fingerprint density at radius 3 is 2.75 bits per heavy atom. The van der Waals surface area contributed by atoms with Crippen molar-refractivity contribution in [3.05, 3.63) is 29.0 Å². The molecule has 0 aliphatic rings. The summed E-state index contributed by atoms with van der Waals surface area (Å²) in [5.74, 6) is 6.23. The smallest absolute Gasteiger partial charge is 0.129 e. The molecule has 2 atom stereocenters. The SMILES string of the molecule is CCCC(C)CC(NN)c1ccc(Cl)nc1. The van der Waals surface area contributed by atoms with E-state index in [1.807, 2.05) is 6.07 Å². The van der Waals surface area contributed by atoms with Gasteiger partial charge in [-0.05, 0) is 24.0 Å². The lowest BCUT2D eigenvalue weighted by Gasteiger charge is -2.20. The number of halogens is 1. The number of pyridine rings is 1. The Morgan fingerprint density at radius 1 is 1.50 bits per heavy atom. The van der Waals surface area contributed by atoms with Gasteiger partial charge in [-0.15, -0.1) is 0 Å². The summed E-state index contributed by atoms with van der Waals surface area (Å²) in [6, 6.07) is 3.93. The van der Waals surface area contributed by atoms with E-state index in [2.05, 4.69) is 24.3 Å². The first-order chi connectivity index (χ1) is 7.67. The molecular formula is C12H20ClN3. The fourth-order valence-corrected chi connectivity index (χ4v) is 2.02. The zero-order chi connectivity index (χ0) is 12.0. The molecule has 0 saturated carbocycles. The van der Waals surface area contributed by atoms with Gasteiger partial charge in [0.05, 0.1) is 0 Å². The maximum atomic E-state index is 5.75. The zero-order valence-electron chi connectivity index (χ0n) is 9.91. The van der Waals surface area contributed by atoms with Gasteiger partial charge in [0, 0.05) is 12.2 Å². The van der Waals surface area contributed by atoms with E-state index in [1.54, 1.807) is 12.3 Å². The van der Waals surface area contributed by atoms with Crippen LogP contribution in [0.25, 0.3) is 0 Å². The number of hydrazine groups is 1. The third kappa shape index (κ3) is 4.08. The van der Waals surface area contributed by atoms with E-state index in [0.29, 0.717) is 11.1 Å². The van der Waals surface area contributed by atoms with Gasteiger partial charge in [0.2, 0.25) is 0 Å². The van der Waals surface area contributed by atoms with Crippen LogP contribution in [0.1, 0.15) is 44.7 Å². The Morgan fingerprint density at radius 2 is 2.25 bits per heavy atom. The van der Waals surface area contributed by atoms with Gasteiger partial charge in [0.25, 0.3) is 0 Å². The summed E-state index contributed by atoms with van der Waals surface area (Å²) in [6.45, 7) is 4.45. The Labute approximate surface area is 102 Å². The van der Waals surface area contributed by atoms with Gasteiger partial charge in [-0.25, -0.2) is 4.98 Å². The van der Waals surface area contributed by atoms with Crippen LogP contribution in [0.4, 0.5) is 0 Å². The molecule has 0 aromatic carbocycles. The van der Waals surface area contributed by atoms with Crippen LogP contribution in [0.3, 0.4) is 0 Å². The van der Waals surface area contributed by atoms with Crippen LogP contribution in [0.5, 0.6) is 0 Å². The topological polar surface area (TPSA) is 50.9 Å². The second kappa shape index (κ2) is 6.84. The molecule has 90 valence electrons. The minimum atomic E-state index is 0.159. The predicted molar refractivity (Wildman–Crippen MR) is 68.0 cm³/mol. The second-order valence-electron chi connectivity index (χ2n) is 4.26. The van der Waals surface area contributed by atoms with Crippen LogP contribution in [0.15, 0.2) is 18.3 Å². The summed E-state index contributed by atoms with van der Waals surface area (Å²) in [5.41, 5.74) is 3.94. The molecule has 0 fully saturated rings. The first-order valence-electron chi connectivity index (χ1n) is 5.75. The number of hydrogen-bond donors (Lipinski definition) is 2. The molecule has 0 aliphatic heterocycles. The number of nitrogens with zero attached hydrogens (tertiary/aromatic N) is 1. The van der Waals surface area contributed by atoms with Crippen LogP contribution in [0.2, 0.25) is 5.15 Å².